The Morgan fingerprint density at radius 1 is 1.54 bits per heavy atom. The second kappa shape index (κ2) is 7.39. The summed E-state index contributed by atoms with van der Waals surface area (Å²) in [5.41, 5.74) is 0. The molecule has 13 heavy (non-hydrogen) atoms. The average Bonchev–Trinajstić information content (AvgIpc) is 2.12. The van der Waals surface area contributed by atoms with Crippen LogP contribution in [0.2, 0.25) is 0 Å². The number of hydrogen-bond acceptors (Lipinski definition) is 3. The zero-order valence-corrected chi connectivity index (χ0v) is 8.14. The minimum atomic E-state index is -0.180. The molecule has 0 aromatic heterocycles. The Morgan fingerprint density at radius 3 is 2.77 bits per heavy atom. The Kier molecular flexibility index (Phi) is 6.68. The van der Waals surface area contributed by atoms with Gasteiger partial charge in [-0.05, 0) is 13.3 Å². The smallest absolute Gasteiger partial charge is 0.305 e. The van der Waals surface area contributed by atoms with Gasteiger partial charge in [-0.15, -0.1) is 0 Å². The molecule has 0 aromatic carbocycles. The monoisotopic (exact) mass is 187 g/mol. The molecular weight excluding hydrogens is 170 g/mol. The molecule has 0 aliphatic rings. The molecule has 0 aromatic rings. The third kappa shape index (κ3) is 7.11. The predicted octanol–water partition coefficient (Wildman–Crippen LogP) is 0.0735. The summed E-state index contributed by atoms with van der Waals surface area (Å²) in [4.78, 5) is 10.8. The van der Waals surface area contributed by atoms with E-state index in [1.54, 1.807) is 14.0 Å². The van der Waals surface area contributed by atoms with Crippen molar-refractivity contribution in [3.05, 3.63) is 0 Å². The summed E-state index contributed by atoms with van der Waals surface area (Å²) in [5.74, 6) is 0.0872. The van der Waals surface area contributed by atoms with Crippen LogP contribution in [0.3, 0.4) is 0 Å². The first kappa shape index (κ1) is 11.7. The predicted molar refractivity (Wildman–Crippen MR) is 50.7 cm³/mol. The van der Waals surface area contributed by atoms with Crippen LogP contribution in [0.15, 0.2) is 0 Å². The van der Waals surface area contributed by atoms with Gasteiger partial charge in [0.05, 0.1) is 6.61 Å². The van der Waals surface area contributed by atoms with Gasteiger partial charge in [-0.25, -0.2) is 0 Å². The quantitative estimate of drug-likeness (QED) is 0.246. The van der Waals surface area contributed by atoms with Gasteiger partial charge in [-0.1, -0.05) is 0 Å². The molecule has 0 saturated carbocycles. The zero-order chi connectivity index (χ0) is 10.1. The van der Waals surface area contributed by atoms with Gasteiger partial charge in [0.2, 0.25) is 0 Å². The normalized spacial score (nSPS) is 9.08. The molecule has 0 aliphatic heterocycles. The number of carbonyl (C=O) groups is 1. The molecule has 0 radical (unpaired) electrons. The van der Waals surface area contributed by atoms with Crippen LogP contribution in [-0.2, 0) is 9.53 Å². The topological polar surface area (TPSA) is 74.2 Å². The van der Waals surface area contributed by atoms with Crippen LogP contribution in [0.4, 0.5) is 0 Å². The summed E-state index contributed by atoms with van der Waals surface area (Å²) in [6.45, 7) is 2.82. The van der Waals surface area contributed by atoms with Gasteiger partial charge in [-0.3, -0.25) is 10.2 Å². The molecule has 5 nitrogen and oxygen atoms in total. The summed E-state index contributed by atoms with van der Waals surface area (Å²) in [6.07, 6.45) is 1.08. The molecule has 0 atom stereocenters. The van der Waals surface area contributed by atoms with E-state index in [1.807, 2.05) is 0 Å². The number of guanidine groups is 1. The Labute approximate surface area is 78.4 Å². The molecular formula is C8H17N3O2. The molecule has 0 aliphatic carbocycles. The van der Waals surface area contributed by atoms with Gasteiger partial charge >= 0.3 is 5.97 Å². The van der Waals surface area contributed by atoms with Crippen molar-refractivity contribution in [2.24, 2.45) is 0 Å². The van der Waals surface area contributed by atoms with E-state index in [4.69, 9.17) is 10.1 Å². The first-order chi connectivity index (χ1) is 6.20. The molecule has 0 unspecified atom stereocenters. The van der Waals surface area contributed by atoms with E-state index in [2.05, 4.69) is 10.6 Å². The van der Waals surface area contributed by atoms with Crippen molar-refractivity contribution in [1.82, 2.24) is 10.6 Å². The number of ether oxygens (including phenoxy) is 1. The van der Waals surface area contributed by atoms with Crippen molar-refractivity contribution < 1.29 is 9.53 Å². The van der Waals surface area contributed by atoms with E-state index in [1.165, 1.54) is 0 Å². The average molecular weight is 187 g/mol. The SMILES string of the molecule is CCOC(=O)CCCNC(=N)NC. The maximum Gasteiger partial charge on any atom is 0.305 e. The number of carbonyl (C=O) groups excluding carboxylic acids is 1. The zero-order valence-electron chi connectivity index (χ0n) is 8.14. The maximum absolute atomic E-state index is 10.8. The fourth-order valence-electron chi connectivity index (χ4n) is 0.768. The minimum absolute atomic E-state index is 0.180. The second-order valence-corrected chi connectivity index (χ2v) is 2.46. The highest BCUT2D eigenvalue weighted by Gasteiger charge is 2.00. The van der Waals surface area contributed by atoms with Crippen LogP contribution in [0, 0.1) is 5.41 Å². The van der Waals surface area contributed by atoms with E-state index >= 15 is 0 Å². The molecule has 0 spiro atoms. The molecule has 0 heterocycles. The van der Waals surface area contributed by atoms with Crippen LogP contribution >= 0.6 is 0 Å². The summed E-state index contributed by atoms with van der Waals surface area (Å²) in [6, 6.07) is 0. The van der Waals surface area contributed by atoms with Crippen molar-refractivity contribution >= 4 is 11.9 Å². The van der Waals surface area contributed by atoms with E-state index in [9.17, 15) is 4.79 Å². The minimum Gasteiger partial charge on any atom is -0.466 e. The van der Waals surface area contributed by atoms with Gasteiger partial charge in [-0.2, -0.15) is 0 Å². The van der Waals surface area contributed by atoms with Crippen molar-refractivity contribution in [3.8, 4) is 0 Å². The highest BCUT2D eigenvalue weighted by Crippen LogP contribution is 1.90. The van der Waals surface area contributed by atoms with Crippen molar-refractivity contribution in [3.63, 3.8) is 0 Å². The number of hydrogen-bond donors (Lipinski definition) is 3. The first-order valence-corrected chi connectivity index (χ1v) is 4.36. The number of esters is 1. The van der Waals surface area contributed by atoms with Gasteiger partial charge in [0.15, 0.2) is 5.96 Å². The highest BCUT2D eigenvalue weighted by molar-refractivity contribution is 5.76. The second-order valence-electron chi connectivity index (χ2n) is 2.46. The van der Waals surface area contributed by atoms with Gasteiger partial charge in [0.25, 0.3) is 0 Å². The summed E-state index contributed by atoms with van der Waals surface area (Å²) in [5, 5.41) is 12.6. The van der Waals surface area contributed by atoms with Crippen LogP contribution in [0.1, 0.15) is 19.8 Å². The van der Waals surface area contributed by atoms with Crippen molar-refractivity contribution in [2.45, 2.75) is 19.8 Å². The fourth-order valence-corrected chi connectivity index (χ4v) is 0.768. The number of nitrogens with one attached hydrogen (secondary N) is 3. The third-order valence-electron chi connectivity index (χ3n) is 1.41. The van der Waals surface area contributed by atoms with E-state index in [0.717, 1.165) is 0 Å². The van der Waals surface area contributed by atoms with Gasteiger partial charge in [0.1, 0.15) is 0 Å². The maximum atomic E-state index is 10.8. The lowest BCUT2D eigenvalue weighted by atomic mass is 10.3. The lowest BCUT2D eigenvalue weighted by Gasteiger charge is -2.05. The molecule has 5 heteroatoms. The molecule has 3 N–H and O–H groups in total. The Bertz CT molecular complexity index is 171. The van der Waals surface area contributed by atoms with Crippen molar-refractivity contribution in [1.29, 1.82) is 5.41 Å². The molecule has 0 saturated heterocycles. The summed E-state index contributed by atoms with van der Waals surface area (Å²) >= 11 is 0. The van der Waals surface area contributed by atoms with E-state index in [-0.39, 0.29) is 11.9 Å². The van der Waals surface area contributed by atoms with Crippen LogP contribution in [0.5, 0.6) is 0 Å². The standard InChI is InChI=1S/C8H17N3O2/c1-3-13-7(12)5-4-6-11-8(9)10-2/h3-6H2,1-2H3,(H3,9,10,11). The molecule has 0 fully saturated rings. The molecule has 0 bridgehead atoms. The lowest BCUT2D eigenvalue weighted by molar-refractivity contribution is -0.143. The largest absolute Gasteiger partial charge is 0.466 e. The Hall–Kier alpha value is -1.26. The molecule has 0 amide bonds. The molecule has 76 valence electrons. The third-order valence-corrected chi connectivity index (χ3v) is 1.41. The fraction of sp³-hybridized carbons (Fsp3) is 0.750. The van der Waals surface area contributed by atoms with Crippen molar-refractivity contribution in [2.75, 3.05) is 20.2 Å². The van der Waals surface area contributed by atoms with Crippen LogP contribution in [0.25, 0.3) is 0 Å². The summed E-state index contributed by atoms with van der Waals surface area (Å²) < 4.78 is 4.74. The Balaban J connectivity index is 3.25. The Morgan fingerprint density at radius 2 is 2.23 bits per heavy atom. The van der Waals surface area contributed by atoms with E-state index in [0.29, 0.717) is 26.0 Å². The summed E-state index contributed by atoms with van der Waals surface area (Å²) in [7, 11) is 1.67. The lowest BCUT2D eigenvalue weighted by Crippen LogP contribution is -2.34. The van der Waals surface area contributed by atoms with Crippen LogP contribution in [-0.4, -0.2) is 32.1 Å². The van der Waals surface area contributed by atoms with Gasteiger partial charge in [0, 0.05) is 20.0 Å². The van der Waals surface area contributed by atoms with Gasteiger partial charge < -0.3 is 15.4 Å². The highest BCUT2D eigenvalue weighted by atomic mass is 16.5. The van der Waals surface area contributed by atoms with E-state index < -0.39 is 0 Å². The first-order valence-electron chi connectivity index (χ1n) is 4.36. The molecule has 0 rings (SSSR count). The number of rotatable bonds is 5. The van der Waals surface area contributed by atoms with Crippen LogP contribution < -0.4 is 10.6 Å².